The van der Waals surface area contributed by atoms with E-state index in [1.54, 1.807) is 29.9 Å². The third-order valence-electron chi connectivity index (χ3n) is 2.40. The predicted octanol–water partition coefficient (Wildman–Crippen LogP) is 3.89. The van der Waals surface area contributed by atoms with Crippen molar-refractivity contribution in [1.29, 1.82) is 0 Å². The first kappa shape index (κ1) is 14.3. The summed E-state index contributed by atoms with van der Waals surface area (Å²) in [5.74, 6) is -0.365. The third kappa shape index (κ3) is 3.46. The highest BCUT2D eigenvalue weighted by Gasteiger charge is 2.22. The summed E-state index contributed by atoms with van der Waals surface area (Å²) in [5, 5.41) is 3.72. The molecular formula is C12H10BrClN2O2S. The first-order valence-corrected chi connectivity index (χ1v) is 7.34. The average molecular weight is 362 g/mol. The van der Waals surface area contributed by atoms with E-state index in [-0.39, 0.29) is 5.97 Å². The van der Waals surface area contributed by atoms with Gasteiger partial charge in [-0.2, -0.15) is 0 Å². The van der Waals surface area contributed by atoms with Crippen LogP contribution < -0.4 is 5.32 Å². The van der Waals surface area contributed by atoms with Crippen LogP contribution in [0.3, 0.4) is 0 Å². The molecule has 0 aliphatic rings. The van der Waals surface area contributed by atoms with E-state index in [1.807, 2.05) is 0 Å². The first-order valence-electron chi connectivity index (χ1n) is 5.29. The van der Waals surface area contributed by atoms with Gasteiger partial charge in [0.2, 0.25) is 0 Å². The molecule has 0 saturated carbocycles. The molecule has 7 heteroatoms. The minimum atomic E-state index is -0.578. The maximum Gasteiger partial charge on any atom is 0.333 e. The Morgan fingerprint density at radius 2 is 2.37 bits per heavy atom. The van der Waals surface area contributed by atoms with Crippen LogP contribution in [-0.2, 0) is 9.53 Å². The summed E-state index contributed by atoms with van der Waals surface area (Å²) in [6, 6.07) is 4.77. The minimum Gasteiger partial charge on any atom is -0.467 e. The number of carbonyl (C=O) groups excluding carboxylic acids is 1. The minimum absolute atomic E-state index is 0.365. The van der Waals surface area contributed by atoms with Gasteiger partial charge in [0.15, 0.2) is 6.04 Å². The van der Waals surface area contributed by atoms with Crippen LogP contribution in [0.5, 0.6) is 0 Å². The number of ether oxygens (including phenoxy) is 1. The van der Waals surface area contributed by atoms with Crippen LogP contribution in [0.1, 0.15) is 10.9 Å². The first-order chi connectivity index (χ1) is 9.11. The molecule has 2 aromatic rings. The molecule has 4 nitrogen and oxygen atoms in total. The normalized spacial score (nSPS) is 11.9. The van der Waals surface area contributed by atoms with Crippen molar-refractivity contribution >= 4 is 50.5 Å². The number of halogens is 2. The molecule has 0 bridgehead atoms. The highest BCUT2D eigenvalue weighted by molar-refractivity contribution is 9.10. The van der Waals surface area contributed by atoms with Crippen molar-refractivity contribution < 1.29 is 9.53 Å². The zero-order chi connectivity index (χ0) is 13.8. The van der Waals surface area contributed by atoms with Gasteiger partial charge in [-0.05, 0) is 34.1 Å². The number of nitrogens with zero attached hydrogens (tertiary/aromatic N) is 1. The van der Waals surface area contributed by atoms with Gasteiger partial charge in [0.05, 0.1) is 22.5 Å². The maximum atomic E-state index is 11.8. The summed E-state index contributed by atoms with van der Waals surface area (Å²) in [4.78, 5) is 16.6. The number of carbonyl (C=O) groups is 1. The number of thiazole rings is 1. The van der Waals surface area contributed by atoms with Gasteiger partial charge < -0.3 is 10.1 Å². The van der Waals surface area contributed by atoms with Crippen molar-refractivity contribution in [3.8, 4) is 0 Å². The maximum absolute atomic E-state index is 11.8. The molecule has 1 aromatic carbocycles. The second kappa shape index (κ2) is 6.36. The Bertz CT molecular complexity index is 577. The lowest BCUT2D eigenvalue weighted by atomic mass is 10.2. The Balaban J connectivity index is 2.25. The SMILES string of the molecule is COC(=O)C(Nc1ccc(Cl)c(Br)c1)c1cncs1. The summed E-state index contributed by atoms with van der Waals surface area (Å²) in [6.45, 7) is 0. The molecule has 0 saturated heterocycles. The molecule has 19 heavy (non-hydrogen) atoms. The second-order valence-electron chi connectivity index (χ2n) is 3.63. The topological polar surface area (TPSA) is 51.2 Å². The number of methoxy groups -OCH3 is 1. The van der Waals surface area contributed by atoms with Crippen molar-refractivity contribution in [2.45, 2.75) is 6.04 Å². The molecule has 0 aliphatic carbocycles. The fourth-order valence-corrected chi connectivity index (χ4v) is 2.64. The number of hydrogen-bond acceptors (Lipinski definition) is 5. The Labute approximate surface area is 127 Å². The van der Waals surface area contributed by atoms with Gasteiger partial charge in [-0.15, -0.1) is 11.3 Å². The van der Waals surface area contributed by atoms with Crippen molar-refractivity contribution in [1.82, 2.24) is 4.98 Å². The van der Waals surface area contributed by atoms with E-state index in [4.69, 9.17) is 16.3 Å². The molecule has 1 N–H and O–H groups in total. The van der Waals surface area contributed by atoms with Crippen molar-refractivity contribution in [3.05, 3.63) is 44.3 Å². The molecule has 2 rings (SSSR count). The van der Waals surface area contributed by atoms with E-state index in [0.29, 0.717) is 5.02 Å². The van der Waals surface area contributed by atoms with Crippen molar-refractivity contribution in [3.63, 3.8) is 0 Å². The summed E-state index contributed by atoms with van der Waals surface area (Å²) in [6.07, 6.45) is 1.64. The van der Waals surface area contributed by atoms with E-state index in [1.165, 1.54) is 18.4 Å². The van der Waals surface area contributed by atoms with Gasteiger partial charge in [-0.3, -0.25) is 4.98 Å². The van der Waals surface area contributed by atoms with E-state index < -0.39 is 6.04 Å². The number of aromatic nitrogens is 1. The van der Waals surface area contributed by atoms with Crippen LogP contribution in [0.15, 0.2) is 34.4 Å². The largest absolute Gasteiger partial charge is 0.467 e. The Hall–Kier alpha value is -1.11. The molecular weight excluding hydrogens is 352 g/mol. The number of esters is 1. The molecule has 0 aliphatic heterocycles. The van der Waals surface area contributed by atoms with Crippen LogP contribution >= 0.6 is 38.9 Å². The number of hydrogen-bond donors (Lipinski definition) is 1. The van der Waals surface area contributed by atoms with Gasteiger partial charge in [0.1, 0.15) is 0 Å². The lowest BCUT2D eigenvalue weighted by Crippen LogP contribution is -2.21. The Kier molecular flexibility index (Phi) is 4.79. The highest BCUT2D eigenvalue weighted by Crippen LogP contribution is 2.29. The number of benzene rings is 1. The van der Waals surface area contributed by atoms with E-state index in [0.717, 1.165) is 15.0 Å². The van der Waals surface area contributed by atoms with Crippen LogP contribution in [0, 0.1) is 0 Å². The van der Waals surface area contributed by atoms with Crippen molar-refractivity contribution in [2.24, 2.45) is 0 Å². The van der Waals surface area contributed by atoms with Gasteiger partial charge in [-0.25, -0.2) is 4.79 Å². The van der Waals surface area contributed by atoms with Crippen LogP contribution in [-0.4, -0.2) is 18.1 Å². The van der Waals surface area contributed by atoms with E-state index in [9.17, 15) is 4.79 Å². The van der Waals surface area contributed by atoms with E-state index in [2.05, 4.69) is 26.2 Å². The van der Waals surface area contributed by atoms with Crippen LogP contribution in [0.25, 0.3) is 0 Å². The highest BCUT2D eigenvalue weighted by atomic mass is 79.9. The summed E-state index contributed by atoms with van der Waals surface area (Å²) >= 11 is 10.7. The standard InChI is InChI=1S/C12H10BrClN2O2S/c1-18-12(17)11(10-5-15-6-19-10)16-7-2-3-9(14)8(13)4-7/h2-6,11,16H,1H3. The summed E-state index contributed by atoms with van der Waals surface area (Å²) in [7, 11) is 1.36. The third-order valence-corrected chi connectivity index (χ3v) is 4.46. The molecule has 0 fully saturated rings. The monoisotopic (exact) mass is 360 g/mol. The lowest BCUT2D eigenvalue weighted by molar-refractivity contribution is -0.141. The molecule has 1 aromatic heterocycles. The molecule has 100 valence electrons. The number of anilines is 1. The fourth-order valence-electron chi connectivity index (χ4n) is 1.48. The summed E-state index contributed by atoms with van der Waals surface area (Å²) in [5.41, 5.74) is 2.44. The number of rotatable bonds is 4. The lowest BCUT2D eigenvalue weighted by Gasteiger charge is -2.16. The molecule has 0 radical (unpaired) electrons. The van der Waals surface area contributed by atoms with Gasteiger partial charge in [0.25, 0.3) is 0 Å². The molecule has 1 atom stereocenters. The Morgan fingerprint density at radius 1 is 1.58 bits per heavy atom. The Morgan fingerprint density at radius 3 is 2.95 bits per heavy atom. The van der Waals surface area contributed by atoms with Crippen LogP contribution in [0.2, 0.25) is 5.02 Å². The van der Waals surface area contributed by atoms with Gasteiger partial charge in [0, 0.05) is 16.4 Å². The number of nitrogens with one attached hydrogen (secondary N) is 1. The predicted molar refractivity (Wildman–Crippen MR) is 79.6 cm³/mol. The molecule has 0 spiro atoms. The van der Waals surface area contributed by atoms with Crippen molar-refractivity contribution in [2.75, 3.05) is 12.4 Å². The van der Waals surface area contributed by atoms with Crippen LogP contribution in [0.4, 0.5) is 5.69 Å². The quantitative estimate of drug-likeness (QED) is 0.840. The zero-order valence-electron chi connectivity index (χ0n) is 9.89. The molecule has 1 heterocycles. The second-order valence-corrected chi connectivity index (χ2v) is 5.81. The molecule has 0 amide bonds. The van der Waals surface area contributed by atoms with Gasteiger partial charge in [-0.1, -0.05) is 11.6 Å². The average Bonchev–Trinajstić information content (AvgIpc) is 2.93. The zero-order valence-corrected chi connectivity index (χ0v) is 13.1. The molecule has 1 unspecified atom stereocenters. The fraction of sp³-hybridized carbons (Fsp3) is 0.167. The smallest absolute Gasteiger partial charge is 0.333 e. The van der Waals surface area contributed by atoms with Gasteiger partial charge >= 0.3 is 5.97 Å². The summed E-state index contributed by atoms with van der Waals surface area (Å²) < 4.78 is 5.56. The van der Waals surface area contributed by atoms with E-state index >= 15 is 0 Å².